The molecular formula is C106H74BN3Si. The molecule has 111 heavy (non-hydrogen) atoms. The van der Waals surface area contributed by atoms with E-state index in [1.165, 1.54) is 4.57 Å². The first kappa shape index (κ1) is 51.7. The number of fused-ring (bicyclic) bond motifs is 21. The lowest BCUT2D eigenvalue weighted by Gasteiger charge is -2.38. The van der Waals surface area contributed by atoms with Crippen molar-refractivity contribution in [2.75, 3.05) is 0 Å². The van der Waals surface area contributed by atoms with E-state index in [4.69, 9.17) is 0 Å². The fourth-order valence-electron chi connectivity index (χ4n) is 18.5. The van der Waals surface area contributed by atoms with Crippen LogP contribution in [0.5, 0.6) is 0 Å². The predicted octanol–water partition coefficient (Wildman–Crippen LogP) is 22.7. The van der Waals surface area contributed by atoms with Crippen LogP contribution in [0.1, 0.15) is 45.5 Å². The fourth-order valence-corrected chi connectivity index (χ4v) is 23.3. The van der Waals surface area contributed by atoms with Crippen LogP contribution in [0.4, 0.5) is 0 Å². The predicted molar refractivity (Wildman–Crippen MR) is 478 cm³/mol. The van der Waals surface area contributed by atoms with Crippen LogP contribution in [0.3, 0.4) is 0 Å². The Morgan fingerprint density at radius 3 is 1.11 bits per heavy atom. The molecule has 5 heteroatoms. The van der Waals surface area contributed by atoms with E-state index in [-0.39, 0.29) is 79.2 Å². The van der Waals surface area contributed by atoms with Gasteiger partial charge in [-0.05, 0) is 144 Å². The van der Waals surface area contributed by atoms with Gasteiger partial charge in [0.2, 0.25) is 0 Å². The fraction of sp³-hybridized carbons (Fsp3) is 0.0377. The number of aromatic nitrogens is 3. The van der Waals surface area contributed by atoms with Crippen molar-refractivity contribution >= 4 is 160 Å². The van der Waals surface area contributed by atoms with Gasteiger partial charge in [0, 0.05) is 60.3 Å². The van der Waals surface area contributed by atoms with Crippen LogP contribution in [0, 0.1) is 0 Å². The third-order valence-corrected chi connectivity index (χ3v) is 27.9. The van der Waals surface area contributed by atoms with Gasteiger partial charge < -0.3 is 13.7 Å². The summed E-state index contributed by atoms with van der Waals surface area (Å²) in [5.41, 5.74) is 5.58. The molecular weight excluding hydrogens is 1350 g/mol. The molecule has 0 radical (unpaired) electrons. The van der Waals surface area contributed by atoms with Gasteiger partial charge in [-0.1, -0.05) is 385 Å². The number of nitrogens with zero attached hydrogens (tertiary/aromatic N) is 3. The maximum Gasteiger partial charge on any atom is 0.252 e. The van der Waals surface area contributed by atoms with E-state index in [2.05, 4.69) is 173 Å². The summed E-state index contributed by atoms with van der Waals surface area (Å²) in [7, 11) is -3.42. The average Bonchev–Trinajstić information content (AvgIpc) is 1.56. The standard InChI is InChI=1S/C106H74BN3Si/c1-106(2,3)72-67-97-101-98(68-72)110-103-79(70-36-11-5-12-37-70)57-33-59-91(103)85-51-22-20-47-81(85)83-49-24-26-55-89(83)100-96(108-94-60-29-27-52-86(94)87-53-28-30-61-95(87)108)65-64-93(105(100)110)107(101)92-63-62-77(71-38-31-45-76(66-71)111(73-39-13-6-14-40-73,74-41-15-7-16-42-74)75-43-17-8-18-44-75)99-88-54-25-23-48-82(88)80-46-19-21-50-84(80)90-58-32-56-78(69-34-9-4-10-35-69)102(90)109(97)104(92)99/h4-68H,1-3H3/i27D,28D,29D,30D,52D,53D,60D,61D,62D,63D,64D,65D,67D,68D. The summed E-state index contributed by atoms with van der Waals surface area (Å²) in [6.45, 7) is 4.57. The molecule has 0 atom stereocenters. The summed E-state index contributed by atoms with van der Waals surface area (Å²) in [5.74, 6) is 0. The van der Waals surface area contributed by atoms with E-state index >= 15 is 0 Å². The topological polar surface area (TPSA) is 14.8 Å². The first-order valence-corrected chi connectivity index (χ1v) is 39.8. The van der Waals surface area contributed by atoms with Gasteiger partial charge in [-0.2, -0.15) is 0 Å². The highest BCUT2D eigenvalue weighted by Gasteiger charge is 2.44. The number of rotatable bonds is 8. The zero-order chi connectivity index (χ0) is 85.8. The lowest BCUT2D eigenvalue weighted by Crippen LogP contribution is -2.74. The molecule has 5 heterocycles. The van der Waals surface area contributed by atoms with E-state index in [0.29, 0.717) is 82.3 Å². The van der Waals surface area contributed by atoms with Crippen molar-refractivity contribution in [1.29, 1.82) is 0 Å². The molecule has 2 aliphatic heterocycles. The van der Waals surface area contributed by atoms with Crippen molar-refractivity contribution < 1.29 is 19.2 Å². The molecule has 0 saturated carbocycles. The highest BCUT2D eigenvalue weighted by atomic mass is 28.3. The van der Waals surface area contributed by atoms with Crippen LogP contribution in [-0.4, -0.2) is 28.5 Å². The summed E-state index contributed by atoms with van der Waals surface area (Å²) in [6.07, 6.45) is 0. The summed E-state index contributed by atoms with van der Waals surface area (Å²) >= 11 is 0. The lowest BCUT2D eigenvalue weighted by molar-refractivity contribution is 0.589. The van der Waals surface area contributed by atoms with Gasteiger partial charge in [0.25, 0.3) is 6.71 Å². The number of para-hydroxylation sites is 4. The minimum absolute atomic E-state index is 0.0186. The van der Waals surface area contributed by atoms with Crippen LogP contribution < -0.4 is 37.1 Å². The Balaban J connectivity index is 1.08. The van der Waals surface area contributed by atoms with Crippen molar-refractivity contribution in [1.82, 2.24) is 13.7 Å². The van der Waals surface area contributed by atoms with Crippen LogP contribution in [0.25, 0.3) is 159 Å². The second-order valence-corrected chi connectivity index (χ2v) is 33.9. The second kappa shape index (κ2) is 25.3. The zero-order valence-electron chi connectivity index (χ0n) is 74.9. The molecule has 0 aliphatic carbocycles. The Labute approximate surface area is 665 Å². The van der Waals surface area contributed by atoms with Gasteiger partial charge in [-0.25, -0.2) is 0 Å². The van der Waals surface area contributed by atoms with Crippen LogP contribution in [0.15, 0.2) is 394 Å². The Kier molecular flexibility index (Phi) is 11.8. The average molecular weight is 1440 g/mol. The molecule has 0 spiro atoms. The Hall–Kier alpha value is -13.6. The second-order valence-electron chi connectivity index (χ2n) is 30.1. The summed E-state index contributed by atoms with van der Waals surface area (Å²) in [4.78, 5) is 0. The maximum atomic E-state index is 12.0. The number of benzene rings is 17. The molecule has 0 bridgehead atoms. The minimum atomic E-state index is -3.42. The van der Waals surface area contributed by atoms with Crippen LogP contribution in [0.2, 0.25) is 0 Å². The molecule has 3 aromatic heterocycles. The molecule has 20 aromatic rings. The summed E-state index contributed by atoms with van der Waals surface area (Å²) < 4.78 is 155. The van der Waals surface area contributed by atoms with E-state index < -0.39 is 80.6 Å². The molecule has 0 N–H and O–H groups in total. The van der Waals surface area contributed by atoms with E-state index in [1.807, 2.05) is 166 Å². The van der Waals surface area contributed by atoms with E-state index in [9.17, 15) is 19.2 Å². The van der Waals surface area contributed by atoms with Gasteiger partial charge in [0.1, 0.15) is 0 Å². The van der Waals surface area contributed by atoms with Crippen LogP contribution >= 0.6 is 0 Å². The molecule has 3 nitrogen and oxygen atoms in total. The molecule has 0 saturated heterocycles. The molecule has 0 unspecified atom stereocenters. The van der Waals surface area contributed by atoms with Crippen molar-refractivity contribution in [3.8, 4) is 50.4 Å². The van der Waals surface area contributed by atoms with Gasteiger partial charge in [-0.15, -0.1) is 0 Å². The van der Waals surface area contributed by atoms with Crippen LogP contribution in [-0.2, 0) is 5.41 Å². The van der Waals surface area contributed by atoms with E-state index in [0.717, 1.165) is 64.4 Å². The molecule has 22 rings (SSSR count). The third kappa shape index (κ3) is 9.65. The third-order valence-electron chi connectivity index (χ3n) is 23.2. The van der Waals surface area contributed by atoms with Gasteiger partial charge in [-0.3, -0.25) is 0 Å². The van der Waals surface area contributed by atoms with Gasteiger partial charge >= 0.3 is 0 Å². The Morgan fingerprint density at radius 1 is 0.279 bits per heavy atom. The Bertz CT molecular complexity index is 8150. The van der Waals surface area contributed by atoms with E-state index in [1.54, 1.807) is 0 Å². The minimum Gasteiger partial charge on any atom is -0.310 e. The van der Waals surface area contributed by atoms with Crippen molar-refractivity contribution in [2.45, 2.75) is 26.2 Å². The van der Waals surface area contributed by atoms with Crippen molar-refractivity contribution in [3.05, 3.63) is 400 Å². The Morgan fingerprint density at radius 2 is 0.640 bits per heavy atom. The van der Waals surface area contributed by atoms with Gasteiger partial charge in [0.15, 0.2) is 8.07 Å². The zero-order valence-corrected chi connectivity index (χ0v) is 61.9. The highest BCUT2D eigenvalue weighted by Crippen LogP contribution is 2.48. The largest absolute Gasteiger partial charge is 0.310 e. The molecule has 17 aromatic carbocycles. The monoisotopic (exact) mass is 1440 g/mol. The quantitative estimate of drug-likeness (QED) is 0.106. The lowest BCUT2D eigenvalue weighted by atomic mass is 9.34. The molecule has 0 amide bonds. The summed E-state index contributed by atoms with van der Waals surface area (Å²) in [5, 5.41) is 11.7. The highest BCUT2D eigenvalue weighted by molar-refractivity contribution is 7.20. The van der Waals surface area contributed by atoms with Crippen molar-refractivity contribution in [3.63, 3.8) is 0 Å². The number of hydrogen-bond donors (Lipinski definition) is 0. The molecule has 0 fully saturated rings. The smallest absolute Gasteiger partial charge is 0.252 e. The first-order chi connectivity index (χ1) is 60.6. The molecule has 2 aliphatic rings. The first-order valence-electron chi connectivity index (χ1n) is 44.8. The maximum absolute atomic E-state index is 12.0. The normalized spacial score (nSPS) is 14.2. The molecule has 520 valence electrons. The summed E-state index contributed by atoms with van der Waals surface area (Å²) in [6, 6.07) is 98.8. The number of hydrogen-bond acceptors (Lipinski definition) is 0. The van der Waals surface area contributed by atoms with Crippen molar-refractivity contribution in [2.24, 2.45) is 0 Å². The van der Waals surface area contributed by atoms with Gasteiger partial charge in [0.05, 0.1) is 52.5 Å². The SMILES string of the molecule is [2H]c1c2c3c(c([2H])c1C(C)(C)C)-n1c4c(-c5ccccc5)cccc4c4ccccc4c4ccccc4c4c(-n5c6c([2H])c([2H])c([2H])c([2H])c6c6c([2H])c([2H])c([2H])c([2H])c65)c([2H])c([2H])c(c41)B3c1c([2H])c([2H])c(-c3cccc([Si](c4ccccc4)(c4ccccc4)c4ccccc4)c3)c3c4ccccc4c4ccccc4c4cccc(-c5ccccc5)c4n-2c13.